The zero-order valence-electron chi connectivity index (χ0n) is 14.2. The van der Waals surface area contributed by atoms with Crippen LogP contribution in [-0.4, -0.2) is 5.91 Å². The van der Waals surface area contributed by atoms with Gasteiger partial charge in [-0.2, -0.15) is 0 Å². The van der Waals surface area contributed by atoms with Crippen molar-refractivity contribution in [3.05, 3.63) is 98.5 Å². The number of hydrogen-bond acceptors (Lipinski definition) is 2. The van der Waals surface area contributed by atoms with Crippen LogP contribution in [0.4, 0.5) is 0 Å². The molecule has 3 nitrogen and oxygen atoms in total. The number of amides is 1. The molecule has 0 heterocycles. The number of hydrogen-bond donors (Lipinski definition) is 1. The Labute approximate surface area is 172 Å². The number of carbonyl (C=O) groups is 1. The Morgan fingerprint density at radius 3 is 2.33 bits per heavy atom. The van der Waals surface area contributed by atoms with Gasteiger partial charge in [0.1, 0.15) is 12.4 Å². The summed E-state index contributed by atoms with van der Waals surface area (Å²) in [6, 6.07) is 19.6. The zero-order valence-corrected chi connectivity index (χ0v) is 16.5. The quantitative estimate of drug-likeness (QED) is 0.519. The van der Waals surface area contributed by atoms with Crippen LogP contribution in [0.15, 0.2) is 66.7 Å². The maximum absolute atomic E-state index is 12.3. The van der Waals surface area contributed by atoms with Gasteiger partial charge in [0.05, 0.1) is 5.02 Å². The van der Waals surface area contributed by atoms with Crippen molar-refractivity contribution in [1.82, 2.24) is 5.32 Å². The Hall–Kier alpha value is -2.20. The first-order valence-electron chi connectivity index (χ1n) is 8.21. The molecular weight excluding hydrogens is 405 g/mol. The third-order valence-electron chi connectivity index (χ3n) is 3.85. The van der Waals surface area contributed by atoms with Crippen molar-refractivity contribution in [1.29, 1.82) is 0 Å². The lowest BCUT2D eigenvalue weighted by Gasteiger charge is -2.09. The van der Waals surface area contributed by atoms with Crippen LogP contribution in [0.3, 0.4) is 0 Å². The van der Waals surface area contributed by atoms with E-state index in [0.29, 0.717) is 39.5 Å². The molecule has 3 rings (SSSR count). The molecule has 6 heteroatoms. The first-order valence-corrected chi connectivity index (χ1v) is 9.34. The minimum atomic E-state index is -0.152. The van der Waals surface area contributed by atoms with E-state index in [4.69, 9.17) is 39.5 Å². The molecule has 1 N–H and O–H groups in total. The maximum Gasteiger partial charge on any atom is 0.251 e. The van der Waals surface area contributed by atoms with Gasteiger partial charge in [0.2, 0.25) is 0 Å². The molecule has 0 aliphatic rings. The predicted octanol–water partition coefficient (Wildman–Crippen LogP) is 6.16. The molecule has 0 saturated heterocycles. The second-order valence-corrected chi connectivity index (χ2v) is 7.15. The third kappa shape index (κ3) is 5.64. The molecule has 0 spiro atoms. The molecular formula is C21H16Cl3NO2. The molecule has 0 aromatic heterocycles. The van der Waals surface area contributed by atoms with Gasteiger partial charge >= 0.3 is 0 Å². The highest BCUT2D eigenvalue weighted by molar-refractivity contribution is 6.34. The standard InChI is InChI=1S/C21H16Cl3NO2/c22-17-3-1-2-15(10-17)12-25-21(26)16-6-4-14(5-7-16)13-27-20-11-18(23)8-9-19(20)24/h1-11H,12-13H2,(H,25,26). The lowest BCUT2D eigenvalue weighted by molar-refractivity contribution is 0.0951. The third-order valence-corrected chi connectivity index (χ3v) is 4.63. The van der Waals surface area contributed by atoms with Crippen LogP contribution in [0.25, 0.3) is 0 Å². The van der Waals surface area contributed by atoms with E-state index in [0.717, 1.165) is 11.1 Å². The van der Waals surface area contributed by atoms with Crippen LogP contribution in [0, 0.1) is 0 Å². The van der Waals surface area contributed by atoms with Crippen molar-refractivity contribution in [2.24, 2.45) is 0 Å². The number of nitrogens with one attached hydrogen (secondary N) is 1. The average Bonchev–Trinajstić information content (AvgIpc) is 2.67. The summed E-state index contributed by atoms with van der Waals surface area (Å²) in [5, 5.41) is 4.57. The van der Waals surface area contributed by atoms with Crippen molar-refractivity contribution < 1.29 is 9.53 Å². The Kier molecular flexibility index (Phi) is 6.62. The SMILES string of the molecule is O=C(NCc1cccc(Cl)c1)c1ccc(COc2cc(Cl)ccc2Cl)cc1. The minimum Gasteiger partial charge on any atom is -0.487 e. The Morgan fingerprint density at radius 1 is 0.852 bits per heavy atom. The number of benzene rings is 3. The van der Waals surface area contributed by atoms with Crippen LogP contribution in [0.5, 0.6) is 5.75 Å². The fraction of sp³-hybridized carbons (Fsp3) is 0.0952. The fourth-order valence-corrected chi connectivity index (χ4v) is 2.98. The summed E-state index contributed by atoms with van der Waals surface area (Å²) in [4.78, 5) is 12.3. The second kappa shape index (κ2) is 9.14. The molecule has 1 amide bonds. The van der Waals surface area contributed by atoms with Crippen LogP contribution < -0.4 is 10.1 Å². The molecule has 0 atom stereocenters. The molecule has 3 aromatic rings. The summed E-state index contributed by atoms with van der Waals surface area (Å²) in [5.74, 6) is 0.368. The van der Waals surface area contributed by atoms with E-state index in [9.17, 15) is 4.79 Å². The van der Waals surface area contributed by atoms with Gasteiger partial charge in [-0.15, -0.1) is 0 Å². The van der Waals surface area contributed by atoms with E-state index in [-0.39, 0.29) is 5.91 Å². The first kappa shape index (κ1) is 19.6. The van der Waals surface area contributed by atoms with Crippen LogP contribution >= 0.6 is 34.8 Å². The minimum absolute atomic E-state index is 0.152. The first-order chi connectivity index (χ1) is 13.0. The number of rotatable bonds is 6. The second-order valence-electron chi connectivity index (χ2n) is 5.87. The number of ether oxygens (including phenoxy) is 1. The number of carbonyl (C=O) groups excluding carboxylic acids is 1. The highest BCUT2D eigenvalue weighted by Gasteiger charge is 2.07. The normalized spacial score (nSPS) is 10.5. The van der Waals surface area contributed by atoms with Crippen molar-refractivity contribution >= 4 is 40.7 Å². The Morgan fingerprint density at radius 2 is 1.59 bits per heavy atom. The van der Waals surface area contributed by atoms with E-state index in [1.807, 2.05) is 30.3 Å². The predicted molar refractivity (Wildman–Crippen MR) is 110 cm³/mol. The molecule has 0 bridgehead atoms. The monoisotopic (exact) mass is 419 g/mol. The Balaban J connectivity index is 1.56. The smallest absolute Gasteiger partial charge is 0.251 e. The summed E-state index contributed by atoms with van der Waals surface area (Å²) in [5.41, 5.74) is 2.43. The summed E-state index contributed by atoms with van der Waals surface area (Å²) in [6.07, 6.45) is 0. The van der Waals surface area contributed by atoms with Gasteiger partial charge in [0.15, 0.2) is 0 Å². The summed E-state index contributed by atoms with van der Waals surface area (Å²) >= 11 is 18.0. The summed E-state index contributed by atoms with van der Waals surface area (Å²) in [7, 11) is 0. The Bertz CT molecular complexity index is 942. The van der Waals surface area contributed by atoms with Gasteiger partial charge < -0.3 is 10.1 Å². The average molecular weight is 421 g/mol. The molecule has 0 unspecified atom stereocenters. The van der Waals surface area contributed by atoms with E-state index in [1.54, 1.807) is 36.4 Å². The van der Waals surface area contributed by atoms with Crippen LogP contribution in [-0.2, 0) is 13.2 Å². The van der Waals surface area contributed by atoms with E-state index < -0.39 is 0 Å². The maximum atomic E-state index is 12.3. The molecule has 0 fully saturated rings. The zero-order chi connectivity index (χ0) is 19.2. The largest absolute Gasteiger partial charge is 0.487 e. The van der Waals surface area contributed by atoms with E-state index >= 15 is 0 Å². The van der Waals surface area contributed by atoms with Gasteiger partial charge in [0, 0.05) is 28.2 Å². The molecule has 0 radical (unpaired) electrons. The van der Waals surface area contributed by atoms with Gasteiger partial charge in [-0.3, -0.25) is 4.79 Å². The fourth-order valence-electron chi connectivity index (χ4n) is 2.43. The molecule has 27 heavy (non-hydrogen) atoms. The van der Waals surface area contributed by atoms with Crippen molar-refractivity contribution in [3.8, 4) is 5.75 Å². The van der Waals surface area contributed by atoms with Crippen molar-refractivity contribution in [2.75, 3.05) is 0 Å². The van der Waals surface area contributed by atoms with Crippen molar-refractivity contribution in [2.45, 2.75) is 13.2 Å². The van der Waals surface area contributed by atoms with Crippen LogP contribution in [0.2, 0.25) is 15.1 Å². The molecule has 138 valence electrons. The lowest BCUT2D eigenvalue weighted by Crippen LogP contribution is -2.22. The van der Waals surface area contributed by atoms with E-state index in [1.165, 1.54) is 0 Å². The van der Waals surface area contributed by atoms with Gasteiger partial charge in [0.25, 0.3) is 5.91 Å². The topological polar surface area (TPSA) is 38.3 Å². The summed E-state index contributed by atoms with van der Waals surface area (Å²) < 4.78 is 5.69. The number of halogens is 3. The van der Waals surface area contributed by atoms with Gasteiger partial charge in [-0.1, -0.05) is 59.1 Å². The van der Waals surface area contributed by atoms with Gasteiger partial charge in [-0.05, 0) is 47.5 Å². The highest BCUT2D eigenvalue weighted by Crippen LogP contribution is 2.28. The molecule has 0 aliphatic carbocycles. The molecule has 0 aliphatic heterocycles. The molecule has 3 aromatic carbocycles. The highest BCUT2D eigenvalue weighted by atomic mass is 35.5. The van der Waals surface area contributed by atoms with Crippen molar-refractivity contribution in [3.63, 3.8) is 0 Å². The van der Waals surface area contributed by atoms with Crippen LogP contribution in [0.1, 0.15) is 21.5 Å². The van der Waals surface area contributed by atoms with Gasteiger partial charge in [-0.25, -0.2) is 0 Å². The molecule has 0 saturated carbocycles. The van der Waals surface area contributed by atoms with E-state index in [2.05, 4.69) is 5.32 Å². The summed E-state index contributed by atoms with van der Waals surface area (Å²) in [6.45, 7) is 0.738. The lowest BCUT2D eigenvalue weighted by atomic mass is 10.1.